The van der Waals surface area contributed by atoms with E-state index in [-0.39, 0.29) is 35.3 Å². The van der Waals surface area contributed by atoms with Crippen LogP contribution in [0.2, 0.25) is 5.02 Å². The van der Waals surface area contributed by atoms with Crippen molar-refractivity contribution in [3.8, 4) is 5.75 Å². The molecule has 314 valence electrons. The molecular formula is C41H45ClF2N12O4. The van der Waals surface area contributed by atoms with Crippen LogP contribution in [-0.4, -0.2) is 112 Å². The molecule has 5 aliphatic rings. The summed E-state index contributed by atoms with van der Waals surface area (Å²) in [4.78, 5) is 54.2. The Labute approximate surface area is 348 Å². The first kappa shape index (κ1) is 38.6. The van der Waals surface area contributed by atoms with Gasteiger partial charge in [-0.05, 0) is 49.4 Å². The minimum atomic E-state index is -3.14. The number of aromatic nitrogens is 5. The van der Waals surface area contributed by atoms with Gasteiger partial charge in [0.25, 0.3) is 5.56 Å². The Morgan fingerprint density at radius 3 is 2.58 bits per heavy atom. The number of para-hydroxylation sites is 1. The van der Waals surface area contributed by atoms with Crippen molar-refractivity contribution in [1.29, 1.82) is 0 Å². The number of halogens is 3. The number of alkyl halides is 2. The minimum Gasteiger partial charge on any atom is -0.480 e. The van der Waals surface area contributed by atoms with Crippen LogP contribution in [0.25, 0.3) is 21.8 Å². The fraction of sp³-hybridized carbons (Fsp3) is 0.463. The standard InChI is InChI=1S/C41H45ClF2N12O4/c1-52-28-10-8-23(18-26(28)33-35(39(52)59)60-21-41(43,44)36(49-33)22-6-7-22)47-37-27(42)19-46-40(50-37)55-16-14-54(15-17-55)30-20-56(13-12-45-30)29-5-3-4-24-32(51-53(2)34(24)29)25-9-11-31(57)48-38(25)58/h3-5,8,10,18-19,22,25,30,36,45,49H,6-7,9,11-17,20-21H2,1-2H3,(H,46,47,50)(H,48,57,58)/t25?,30?,36-/m0/s1. The van der Waals surface area contributed by atoms with E-state index in [0.29, 0.717) is 77.8 Å². The fourth-order valence-corrected chi connectivity index (χ4v) is 9.40. The predicted octanol–water partition coefficient (Wildman–Crippen LogP) is 3.91. The third kappa shape index (κ3) is 6.83. The molecule has 7 heterocycles. The smallest absolute Gasteiger partial charge is 0.301 e. The lowest BCUT2D eigenvalue weighted by Gasteiger charge is -2.44. The molecular weight excluding hydrogens is 798 g/mol. The van der Waals surface area contributed by atoms with Crippen molar-refractivity contribution < 1.29 is 23.1 Å². The van der Waals surface area contributed by atoms with Crippen molar-refractivity contribution in [3.63, 3.8) is 0 Å². The van der Waals surface area contributed by atoms with Gasteiger partial charge < -0.3 is 29.7 Å². The van der Waals surface area contributed by atoms with Gasteiger partial charge in [0.15, 0.2) is 12.4 Å². The Hall–Kier alpha value is -5.59. The summed E-state index contributed by atoms with van der Waals surface area (Å²) in [5.41, 5.74) is 3.67. The maximum absolute atomic E-state index is 15.2. The molecule has 16 nitrogen and oxygen atoms in total. The van der Waals surface area contributed by atoms with Crippen LogP contribution >= 0.6 is 11.6 Å². The van der Waals surface area contributed by atoms with Gasteiger partial charge in [0.2, 0.25) is 23.5 Å². The number of anilines is 5. The number of rotatable bonds is 7. The molecule has 2 aromatic carbocycles. The normalized spacial score (nSPS) is 23.5. The predicted molar refractivity (Wildman–Crippen MR) is 224 cm³/mol. The van der Waals surface area contributed by atoms with Crippen LogP contribution in [0.3, 0.4) is 0 Å². The molecule has 1 aliphatic carbocycles. The molecule has 4 N–H and O–H groups in total. The number of piperidine rings is 1. The minimum absolute atomic E-state index is 0.0930. The first-order valence-corrected chi connectivity index (χ1v) is 20.8. The van der Waals surface area contributed by atoms with Crippen LogP contribution < -0.4 is 41.4 Å². The van der Waals surface area contributed by atoms with Crippen LogP contribution in [0.15, 0.2) is 47.4 Å². The topological polar surface area (TPSA) is 167 Å². The van der Waals surface area contributed by atoms with Gasteiger partial charge in [0, 0.05) is 82.8 Å². The van der Waals surface area contributed by atoms with Crippen molar-refractivity contribution in [2.75, 3.05) is 72.9 Å². The summed E-state index contributed by atoms with van der Waals surface area (Å²) in [7, 11) is 3.50. The molecule has 3 atom stereocenters. The molecule has 10 rings (SSSR count). The van der Waals surface area contributed by atoms with E-state index in [0.717, 1.165) is 49.3 Å². The molecule has 0 radical (unpaired) electrons. The number of ether oxygens (including phenoxy) is 1. The summed E-state index contributed by atoms with van der Waals surface area (Å²) in [5, 5.41) is 19.1. The van der Waals surface area contributed by atoms with Gasteiger partial charge in [-0.25, -0.2) is 13.8 Å². The van der Waals surface area contributed by atoms with Gasteiger partial charge in [-0.1, -0.05) is 23.7 Å². The number of pyridine rings is 1. The van der Waals surface area contributed by atoms with E-state index in [1.807, 2.05) is 23.9 Å². The Bertz CT molecular complexity index is 2610. The van der Waals surface area contributed by atoms with E-state index in [9.17, 15) is 14.4 Å². The van der Waals surface area contributed by atoms with Gasteiger partial charge >= 0.3 is 5.92 Å². The fourth-order valence-electron chi connectivity index (χ4n) is 9.26. The van der Waals surface area contributed by atoms with E-state index in [4.69, 9.17) is 26.4 Å². The number of nitrogens with zero attached hydrogens (tertiary/aromatic N) is 8. The van der Waals surface area contributed by atoms with Crippen molar-refractivity contribution in [3.05, 3.63) is 63.7 Å². The van der Waals surface area contributed by atoms with E-state index in [2.05, 4.69) is 47.0 Å². The van der Waals surface area contributed by atoms with E-state index < -0.39 is 30.0 Å². The van der Waals surface area contributed by atoms with E-state index in [1.165, 1.54) is 4.57 Å². The van der Waals surface area contributed by atoms with Crippen LogP contribution in [0.1, 0.15) is 37.3 Å². The van der Waals surface area contributed by atoms with Crippen molar-refractivity contribution in [1.82, 2.24) is 39.8 Å². The zero-order valence-electron chi connectivity index (χ0n) is 33.2. The molecule has 4 fully saturated rings. The molecule has 1 saturated carbocycles. The van der Waals surface area contributed by atoms with Crippen LogP contribution in [0, 0.1) is 5.92 Å². The zero-order valence-corrected chi connectivity index (χ0v) is 33.9. The number of carbonyl (C=O) groups excluding carboxylic acids is 2. The Morgan fingerprint density at radius 2 is 1.80 bits per heavy atom. The van der Waals surface area contributed by atoms with E-state index >= 15 is 8.78 Å². The number of carbonyl (C=O) groups is 2. The summed E-state index contributed by atoms with van der Waals surface area (Å²) in [6.45, 7) is 4.37. The Kier molecular flexibility index (Phi) is 9.55. The maximum Gasteiger partial charge on any atom is 0.301 e. The zero-order chi connectivity index (χ0) is 41.4. The lowest BCUT2D eigenvalue weighted by atomic mass is 9.92. The number of imide groups is 1. The summed E-state index contributed by atoms with van der Waals surface area (Å²) < 4.78 is 39.1. The van der Waals surface area contributed by atoms with Crippen LogP contribution in [0.4, 0.5) is 37.6 Å². The van der Waals surface area contributed by atoms with Gasteiger partial charge in [-0.3, -0.25) is 34.6 Å². The number of amides is 2. The number of benzene rings is 2. The number of fused-ring (bicyclic) bond motifs is 4. The first-order chi connectivity index (χ1) is 28.9. The number of hydrogen-bond donors (Lipinski definition) is 4. The quantitative estimate of drug-likeness (QED) is 0.175. The van der Waals surface area contributed by atoms with Crippen molar-refractivity contribution in [2.45, 2.75) is 49.7 Å². The molecule has 0 spiro atoms. The number of hydrogen-bond acceptors (Lipinski definition) is 13. The molecule has 2 unspecified atom stereocenters. The molecule has 60 heavy (non-hydrogen) atoms. The third-order valence-corrected chi connectivity index (χ3v) is 12.9. The summed E-state index contributed by atoms with van der Waals surface area (Å²) in [5.74, 6) is -3.54. The largest absolute Gasteiger partial charge is 0.480 e. The molecule has 2 amide bonds. The lowest BCUT2D eigenvalue weighted by molar-refractivity contribution is -0.134. The SMILES string of the molecule is Cn1nc(C2CCC(=O)NC2=O)c2cccc(N3CCNC(N4CCN(c5ncc(Cl)c(Nc6ccc7c(c6)c6c(c(=O)n7C)OCC(F)(F)[C@H](C7CC7)N6)n5)CC4)C3)c21. The Morgan fingerprint density at radius 1 is 0.983 bits per heavy atom. The number of nitrogens with one attached hydrogen (secondary N) is 4. The second-order valence-corrected chi connectivity index (χ2v) is 16.8. The van der Waals surface area contributed by atoms with Crippen LogP contribution in [-0.2, 0) is 23.7 Å². The van der Waals surface area contributed by atoms with Gasteiger partial charge in [-0.2, -0.15) is 10.1 Å². The van der Waals surface area contributed by atoms with Crippen molar-refractivity contribution in [2.24, 2.45) is 20.0 Å². The second kappa shape index (κ2) is 14.8. The summed E-state index contributed by atoms with van der Waals surface area (Å²) in [6, 6.07) is 10.3. The highest BCUT2D eigenvalue weighted by molar-refractivity contribution is 6.33. The lowest BCUT2D eigenvalue weighted by Crippen LogP contribution is -2.62. The third-order valence-electron chi connectivity index (χ3n) is 12.6. The van der Waals surface area contributed by atoms with Gasteiger partial charge in [-0.15, -0.1) is 0 Å². The molecule has 5 aromatic rings. The first-order valence-electron chi connectivity index (χ1n) is 20.4. The highest BCUT2D eigenvalue weighted by atomic mass is 35.5. The Balaban J connectivity index is 0.836. The van der Waals surface area contributed by atoms with Gasteiger partial charge in [0.05, 0.1) is 52.4 Å². The summed E-state index contributed by atoms with van der Waals surface area (Å²) >= 11 is 6.64. The van der Waals surface area contributed by atoms with E-state index in [1.54, 1.807) is 31.4 Å². The molecule has 4 aliphatic heterocycles. The summed E-state index contributed by atoms with van der Waals surface area (Å²) in [6.07, 6.45) is 3.79. The highest BCUT2D eigenvalue weighted by Crippen LogP contribution is 2.46. The maximum atomic E-state index is 15.2. The number of piperazine rings is 2. The monoisotopic (exact) mass is 842 g/mol. The second-order valence-electron chi connectivity index (χ2n) is 16.4. The average Bonchev–Trinajstić information content (AvgIpc) is 4.05. The molecule has 3 saturated heterocycles. The molecule has 19 heteroatoms. The average molecular weight is 843 g/mol. The van der Waals surface area contributed by atoms with Gasteiger partial charge in [0.1, 0.15) is 5.02 Å². The number of aryl methyl sites for hydroxylation is 2. The van der Waals surface area contributed by atoms with Crippen LogP contribution in [0.5, 0.6) is 5.75 Å². The molecule has 0 bridgehead atoms. The van der Waals surface area contributed by atoms with Crippen molar-refractivity contribution >= 4 is 74.0 Å². The highest BCUT2D eigenvalue weighted by Gasteiger charge is 2.51. The molecule has 3 aromatic heterocycles.